The first-order chi connectivity index (χ1) is 13.6. The lowest BCUT2D eigenvalue weighted by Crippen LogP contribution is -2.14. The molecule has 2 aromatic carbocycles. The van der Waals surface area contributed by atoms with Crippen molar-refractivity contribution in [1.29, 1.82) is 0 Å². The molecule has 3 rings (SSSR count). The van der Waals surface area contributed by atoms with Crippen LogP contribution in [0.2, 0.25) is 5.02 Å². The lowest BCUT2D eigenvalue weighted by atomic mass is 10.1. The van der Waals surface area contributed by atoms with Crippen LogP contribution in [-0.2, 0) is 15.8 Å². The van der Waals surface area contributed by atoms with Crippen LogP contribution < -0.4 is 10.6 Å². The van der Waals surface area contributed by atoms with Crippen molar-refractivity contribution in [2.45, 2.75) is 25.9 Å². The lowest BCUT2D eigenvalue weighted by Gasteiger charge is -2.11. The fourth-order valence-electron chi connectivity index (χ4n) is 2.61. The van der Waals surface area contributed by atoms with Gasteiger partial charge in [-0.15, -0.1) is 0 Å². The molecular weight excluding hydrogens is 405 g/mol. The molecule has 0 spiro atoms. The molecule has 4 nitrogen and oxygen atoms in total. The van der Waals surface area contributed by atoms with Gasteiger partial charge in [0.2, 0.25) is 11.8 Å². The van der Waals surface area contributed by atoms with Crippen LogP contribution in [0.25, 0.3) is 6.08 Å². The molecule has 8 heteroatoms. The van der Waals surface area contributed by atoms with Gasteiger partial charge in [-0.05, 0) is 67.3 Å². The summed E-state index contributed by atoms with van der Waals surface area (Å²) >= 11 is 5.92. The van der Waals surface area contributed by atoms with Gasteiger partial charge in [-0.3, -0.25) is 9.59 Å². The van der Waals surface area contributed by atoms with E-state index in [-0.39, 0.29) is 22.4 Å². The SMILES string of the molecule is Cc1ccc(NC(=O)C2CC2)cc1NC(=O)C=Cc1cc(C(F)(F)F)ccc1Cl. The van der Waals surface area contributed by atoms with Gasteiger partial charge >= 0.3 is 6.18 Å². The molecule has 1 fully saturated rings. The number of aryl methyl sites for hydroxylation is 1. The standard InChI is InChI=1S/C21H18ClF3N2O2/c1-12-2-7-16(26-20(29)13-3-4-13)11-18(12)27-19(28)9-5-14-10-15(21(23,24)25)6-8-17(14)22/h2,5-11,13H,3-4H2,1H3,(H,26,29)(H,27,28). The van der Waals surface area contributed by atoms with E-state index in [1.807, 2.05) is 0 Å². The minimum absolute atomic E-state index is 0.0505. The number of carbonyl (C=O) groups excluding carboxylic acids is 2. The summed E-state index contributed by atoms with van der Waals surface area (Å²) in [5.74, 6) is -0.535. The third-order valence-electron chi connectivity index (χ3n) is 4.45. The largest absolute Gasteiger partial charge is 0.416 e. The summed E-state index contributed by atoms with van der Waals surface area (Å²) in [6, 6.07) is 8.03. The number of amides is 2. The van der Waals surface area contributed by atoms with E-state index in [4.69, 9.17) is 11.6 Å². The number of hydrogen-bond donors (Lipinski definition) is 2. The summed E-state index contributed by atoms with van der Waals surface area (Å²) in [6.45, 7) is 1.79. The molecule has 0 aliphatic heterocycles. The first-order valence-corrected chi connectivity index (χ1v) is 9.28. The molecule has 0 radical (unpaired) electrons. The number of alkyl halides is 3. The number of benzene rings is 2. The summed E-state index contributed by atoms with van der Waals surface area (Å²) in [5, 5.41) is 5.56. The molecule has 29 heavy (non-hydrogen) atoms. The van der Waals surface area contributed by atoms with Crippen LogP contribution in [0.1, 0.15) is 29.5 Å². The maximum absolute atomic E-state index is 12.8. The highest BCUT2D eigenvalue weighted by atomic mass is 35.5. The highest BCUT2D eigenvalue weighted by Gasteiger charge is 2.31. The van der Waals surface area contributed by atoms with Gasteiger partial charge in [0.25, 0.3) is 0 Å². The van der Waals surface area contributed by atoms with Crippen LogP contribution in [0, 0.1) is 12.8 Å². The first kappa shape index (κ1) is 20.9. The molecule has 2 aromatic rings. The average molecular weight is 423 g/mol. The predicted molar refractivity (Wildman–Crippen MR) is 107 cm³/mol. The second-order valence-electron chi connectivity index (χ2n) is 6.85. The van der Waals surface area contributed by atoms with Crippen molar-refractivity contribution in [2.24, 2.45) is 5.92 Å². The van der Waals surface area contributed by atoms with Gasteiger partial charge in [0.15, 0.2) is 0 Å². The lowest BCUT2D eigenvalue weighted by molar-refractivity contribution is -0.137. The van der Waals surface area contributed by atoms with Crippen LogP contribution in [0.5, 0.6) is 0 Å². The van der Waals surface area contributed by atoms with E-state index >= 15 is 0 Å². The van der Waals surface area contributed by atoms with Crippen molar-refractivity contribution in [3.63, 3.8) is 0 Å². The highest BCUT2D eigenvalue weighted by Crippen LogP contribution is 2.32. The summed E-state index contributed by atoms with van der Waals surface area (Å²) < 4.78 is 38.5. The maximum atomic E-state index is 12.8. The zero-order chi connectivity index (χ0) is 21.2. The molecule has 0 heterocycles. The zero-order valence-electron chi connectivity index (χ0n) is 15.4. The Kier molecular flexibility index (Phi) is 5.98. The van der Waals surface area contributed by atoms with Gasteiger partial charge in [-0.2, -0.15) is 13.2 Å². The van der Waals surface area contributed by atoms with E-state index in [2.05, 4.69) is 10.6 Å². The smallest absolute Gasteiger partial charge is 0.326 e. The third kappa shape index (κ3) is 5.60. The van der Waals surface area contributed by atoms with Crippen molar-refractivity contribution in [3.05, 3.63) is 64.2 Å². The quantitative estimate of drug-likeness (QED) is 0.610. The van der Waals surface area contributed by atoms with Crippen molar-refractivity contribution >= 4 is 40.9 Å². The number of hydrogen-bond acceptors (Lipinski definition) is 2. The molecule has 1 aliphatic rings. The average Bonchev–Trinajstić information content (AvgIpc) is 3.48. The molecule has 0 aromatic heterocycles. The van der Waals surface area contributed by atoms with E-state index in [0.29, 0.717) is 11.4 Å². The summed E-state index contributed by atoms with van der Waals surface area (Å²) in [6.07, 6.45) is -0.413. The van der Waals surface area contributed by atoms with Gasteiger partial charge < -0.3 is 10.6 Å². The molecule has 152 valence electrons. The zero-order valence-corrected chi connectivity index (χ0v) is 16.2. The topological polar surface area (TPSA) is 58.2 Å². The Hall–Kier alpha value is -2.80. The number of halogens is 4. The number of rotatable bonds is 5. The molecule has 1 aliphatic carbocycles. The van der Waals surface area contributed by atoms with Crippen LogP contribution in [0.4, 0.5) is 24.5 Å². The monoisotopic (exact) mass is 422 g/mol. The van der Waals surface area contributed by atoms with E-state index < -0.39 is 17.6 Å². The van der Waals surface area contributed by atoms with Gasteiger partial charge in [0.1, 0.15) is 0 Å². The Morgan fingerprint density at radius 3 is 2.48 bits per heavy atom. The van der Waals surface area contributed by atoms with Crippen molar-refractivity contribution in [1.82, 2.24) is 0 Å². The van der Waals surface area contributed by atoms with Crippen LogP contribution in [0.15, 0.2) is 42.5 Å². The molecule has 2 amide bonds. The Labute approximate surface area is 170 Å². The second-order valence-corrected chi connectivity index (χ2v) is 7.26. The Morgan fingerprint density at radius 1 is 1.10 bits per heavy atom. The van der Waals surface area contributed by atoms with Gasteiger partial charge in [-0.25, -0.2) is 0 Å². The number of anilines is 2. The van der Waals surface area contributed by atoms with Crippen molar-refractivity contribution < 1.29 is 22.8 Å². The fraction of sp³-hybridized carbons (Fsp3) is 0.238. The van der Waals surface area contributed by atoms with E-state index in [1.54, 1.807) is 25.1 Å². The second kappa shape index (κ2) is 8.29. The van der Waals surface area contributed by atoms with E-state index in [0.717, 1.165) is 42.7 Å². The Bertz CT molecular complexity index is 982. The van der Waals surface area contributed by atoms with Crippen molar-refractivity contribution in [2.75, 3.05) is 10.6 Å². The normalized spacial score (nSPS) is 14.1. The molecule has 0 bridgehead atoms. The summed E-state index contributed by atoms with van der Waals surface area (Å²) in [7, 11) is 0. The van der Waals surface area contributed by atoms with E-state index in [1.165, 1.54) is 6.08 Å². The molecule has 0 saturated heterocycles. The summed E-state index contributed by atoms with van der Waals surface area (Å²) in [5.41, 5.74) is 1.06. The van der Waals surface area contributed by atoms with Crippen molar-refractivity contribution in [3.8, 4) is 0 Å². The van der Waals surface area contributed by atoms with Crippen LogP contribution >= 0.6 is 11.6 Å². The Morgan fingerprint density at radius 2 is 1.83 bits per heavy atom. The Balaban J connectivity index is 1.71. The predicted octanol–water partition coefficient (Wildman–Crippen LogP) is 5.67. The molecule has 0 atom stereocenters. The summed E-state index contributed by atoms with van der Waals surface area (Å²) in [4.78, 5) is 24.1. The maximum Gasteiger partial charge on any atom is 0.416 e. The third-order valence-corrected chi connectivity index (χ3v) is 4.79. The minimum atomic E-state index is -4.50. The van der Waals surface area contributed by atoms with E-state index in [9.17, 15) is 22.8 Å². The molecule has 1 saturated carbocycles. The fourth-order valence-corrected chi connectivity index (χ4v) is 2.79. The number of nitrogens with one attached hydrogen (secondary N) is 2. The molecule has 2 N–H and O–H groups in total. The first-order valence-electron chi connectivity index (χ1n) is 8.91. The molecule has 0 unspecified atom stereocenters. The van der Waals surface area contributed by atoms with Gasteiger partial charge in [0.05, 0.1) is 5.56 Å². The van der Waals surface area contributed by atoms with Gasteiger partial charge in [-0.1, -0.05) is 17.7 Å². The highest BCUT2D eigenvalue weighted by molar-refractivity contribution is 6.32. The minimum Gasteiger partial charge on any atom is -0.326 e. The number of carbonyl (C=O) groups is 2. The van der Waals surface area contributed by atoms with Crippen LogP contribution in [0.3, 0.4) is 0 Å². The van der Waals surface area contributed by atoms with Gasteiger partial charge in [0, 0.05) is 28.4 Å². The molecular formula is C21H18ClF3N2O2. The van der Waals surface area contributed by atoms with Crippen LogP contribution in [-0.4, -0.2) is 11.8 Å².